The molecule has 4 heterocycles. The molecule has 0 N–H and O–H groups in total. The van der Waals surface area contributed by atoms with Crippen molar-refractivity contribution in [2.24, 2.45) is 0 Å². The highest BCUT2D eigenvalue weighted by Crippen LogP contribution is 2.37. The fourth-order valence-electron chi connectivity index (χ4n) is 4.56. The molecule has 0 bridgehead atoms. The largest absolute Gasteiger partial charge is 0.346 e. The summed E-state index contributed by atoms with van der Waals surface area (Å²) in [5, 5.41) is 0. The summed E-state index contributed by atoms with van der Waals surface area (Å²) in [7, 11) is 1.81. The molecule has 0 unspecified atom stereocenters. The Balaban J connectivity index is 1.54. The average molecular weight is 415 g/mol. The SMILES string of the molecule is Cc1cc(N2CCC[C@@H]2c2nc(C)c3c(n2)N(C)C(=O)CC3)nc(-c2ccccc2)n1. The van der Waals surface area contributed by atoms with Crippen molar-refractivity contribution < 1.29 is 4.79 Å². The lowest BCUT2D eigenvalue weighted by molar-refractivity contribution is -0.118. The molecule has 0 radical (unpaired) electrons. The summed E-state index contributed by atoms with van der Waals surface area (Å²) in [6, 6.07) is 12.1. The summed E-state index contributed by atoms with van der Waals surface area (Å²) >= 11 is 0. The summed E-state index contributed by atoms with van der Waals surface area (Å²) in [6.45, 7) is 4.92. The van der Waals surface area contributed by atoms with Crippen LogP contribution >= 0.6 is 0 Å². The molecule has 0 aliphatic carbocycles. The third-order valence-corrected chi connectivity index (χ3v) is 6.21. The first-order valence-corrected chi connectivity index (χ1v) is 10.8. The van der Waals surface area contributed by atoms with E-state index in [4.69, 9.17) is 15.0 Å². The van der Waals surface area contributed by atoms with E-state index >= 15 is 0 Å². The normalized spacial score (nSPS) is 18.4. The predicted molar refractivity (Wildman–Crippen MR) is 120 cm³/mol. The van der Waals surface area contributed by atoms with Crippen molar-refractivity contribution in [3.05, 3.63) is 59.2 Å². The Morgan fingerprint density at radius 3 is 2.61 bits per heavy atom. The molecule has 3 aromatic rings. The Morgan fingerprint density at radius 1 is 1.00 bits per heavy atom. The van der Waals surface area contributed by atoms with E-state index in [0.29, 0.717) is 12.8 Å². The molecule has 7 heteroatoms. The van der Waals surface area contributed by atoms with Gasteiger partial charge in [0.15, 0.2) is 11.6 Å². The van der Waals surface area contributed by atoms with E-state index in [9.17, 15) is 4.79 Å². The molecule has 2 aromatic heterocycles. The zero-order valence-electron chi connectivity index (χ0n) is 18.2. The number of fused-ring (bicyclic) bond motifs is 1. The third kappa shape index (κ3) is 3.54. The third-order valence-electron chi connectivity index (χ3n) is 6.21. The van der Waals surface area contributed by atoms with Crippen molar-refractivity contribution in [1.29, 1.82) is 0 Å². The maximum Gasteiger partial charge on any atom is 0.228 e. The van der Waals surface area contributed by atoms with Crippen molar-refractivity contribution in [2.75, 3.05) is 23.4 Å². The van der Waals surface area contributed by atoms with Crippen LogP contribution in [0.3, 0.4) is 0 Å². The molecule has 7 nitrogen and oxygen atoms in total. The first-order chi connectivity index (χ1) is 15.0. The molecule has 31 heavy (non-hydrogen) atoms. The first-order valence-electron chi connectivity index (χ1n) is 10.8. The molecule has 0 saturated carbocycles. The number of hydrogen-bond acceptors (Lipinski definition) is 6. The molecule has 2 aliphatic rings. The van der Waals surface area contributed by atoms with Crippen LogP contribution < -0.4 is 9.80 Å². The molecular formula is C24H26N6O. The number of nitrogens with zero attached hydrogens (tertiary/aromatic N) is 6. The van der Waals surface area contributed by atoms with Crippen LogP contribution in [-0.2, 0) is 11.2 Å². The molecule has 1 saturated heterocycles. The smallest absolute Gasteiger partial charge is 0.228 e. The van der Waals surface area contributed by atoms with E-state index in [-0.39, 0.29) is 11.9 Å². The van der Waals surface area contributed by atoms with Crippen LogP contribution in [-0.4, -0.2) is 39.4 Å². The van der Waals surface area contributed by atoms with Gasteiger partial charge in [-0.2, -0.15) is 0 Å². The highest BCUT2D eigenvalue weighted by atomic mass is 16.2. The van der Waals surface area contributed by atoms with Gasteiger partial charge < -0.3 is 4.90 Å². The second-order valence-corrected chi connectivity index (χ2v) is 8.33. The molecule has 2 aliphatic heterocycles. The van der Waals surface area contributed by atoms with Crippen molar-refractivity contribution in [1.82, 2.24) is 19.9 Å². The van der Waals surface area contributed by atoms with Gasteiger partial charge in [-0.3, -0.25) is 9.69 Å². The molecule has 1 atom stereocenters. The standard InChI is InChI=1S/C24H26N6O/c1-15-14-20(27-22(25-15)17-8-5-4-6-9-17)30-13-7-10-19(30)23-26-16(2)18-11-12-21(31)29(3)24(18)28-23/h4-6,8-9,14,19H,7,10-13H2,1-3H3/t19-/m1/s1. The van der Waals surface area contributed by atoms with Gasteiger partial charge in [-0.15, -0.1) is 0 Å². The van der Waals surface area contributed by atoms with E-state index in [1.54, 1.807) is 4.90 Å². The van der Waals surface area contributed by atoms with Gasteiger partial charge in [0.1, 0.15) is 11.6 Å². The summed E-state index contributed by atoms with van der Waals surface area (Å²) in [5.41, 5.74) is 3.99. The Hall–Kier alpha value is -3.35. The first kappa shape index (κ1) is 19.6. The van der Waals surface area contributed by atoms with Gasteiger partial charge in [0.25, 0.3) is 0 Å². The number of rotatable bonds is 3. The summed E-state index contributed by atoms with van der Waals surface area (Å²) < 4.78 is 0. The molecule has 0 spiro atoms. The Morgan fingerprint density at radius 2 is 1.81 bits per heavy atom. The van der Waals surface area contributed by atoms with Crippen LogP contribution in [0.4, 0.5) is 11.6 Å². The van der Waals surface area contributed by atoms with Gasteiger partial charge in [0.05, 0.1) is 6.04 Å². The lowest BCUT2D eigenvalue weighted by Gasteiger charge is -2.29. The number of aromatic nitrogens is 4. The van der Waals surface area contributed by atoms with Gasteiger partial charge in [-0.05, 0) is 33.1 Å². The minimum Gasteiger partial charge on any atom is -0.346 e. The van der Waals surface area contributed by atoms with E-state index in [2.05, 4.69) is 9.88 Å². The zero-order chi connectivity index (χ0) is 21.5. The van der Waals surface area contributed by atoms with Gasteiger partial charge in [-0.1, -0.05) is 30.3 Å². The second kappa shape index (κ2) is 7.72. The second-order valence-electron chi connectivity index (χ2n) is 8.33. The number of aryl methyl sites for hydroxylation is 2. The summed E-state index contributed by atoms with van der Waals surface area (Å²) in [4.78, 5) is 35.5. The maximum atomic E-state index is 12.2. The van der Waals surface area contributed by atoms with Crippen LogP contribution in [0, 0.1) is 13.8 Å². The van der Waals surface area contributed by atoms with Crippen molar-refractivity contribution in [3.63, 3.8) is 0 Å². The van der Waals surface area contributed by atoms with Crippen molar-refractivity contribution in [2.45, 2.75) is 45.6 Å². The van der Waals surface area contributed by atoms with Crippen molar-refractivity contribution in [3.8, 4) is 11.4 Å². The number of hydrogen-bond donors (Lipinski definition) is 0. The monoisotopic (exact) mass is 414 g/mol. The fraction of sp³-hybridized carbons (Fsp3) is 0.375. The number of anilines is 2. The molecule has 5 rings (SSSR count). The number of benzene rings is 1. The van der Waals surface area contributed by atoms with E-state index < -0.39 is 0 Å². The molecule has 1 aromatic carbocycles. The Bertz CT molecular complexity index is 1150. The molecule has 1 amide bonds. The Labute approximate surface area is 182 Å². The van der Waals surface area contributed by atoms with Gasteiger partial charge in [-0.25, -0.2) is 19.9 Å². The van der Waals surface area contributed by atoms with E-state index in [0.717, 1.165) is 65.2 Å². The number of carbonyl (C=O) groups is 1. The Kier molecular flexibility index (Phi) is 4.88. The van der Waals surface area contributed by atoms with Gasteiger partial charge in [0, 0.05) is 48.6 Å². The minimum absolute atomic E-state index is 0.0346. The minimum atomic E-state index is 0.0346. The van der Waals surface area contributed by atoms with E-state index in [1.165, 1.54) is 0 Å². The average Bonchev–Trinajstić information content (AvgIpc) is 3.27. The lowest BCUT2D eigenvalue weighted by Crippen LogP contribution is -2.34. The predicted octanol–water partition coefficient (Wildman–Crippen LogP) is 3.80. The highest BCUT2D eigenvalue weighted by molar-refractivity contribution is 5.94. The molecule has 1 fully saturated rings. The highest BCUT2D eigenvalue weighted by Gasteiger charge is 2.33. The molecule has 158 valence electrons. The van der Waals surface area contributed by atoms with Crippen molar-refractivity contribution >= 4 is 17.5 Å². The maximum absolute atomic E-state index is 12.2. The number of amides is 1. The van der Waals surface area contributed by atoms with Gasteiger partial charge >= 0.3 is 0 Å². The topological polar surface area (TPSA) is 75.1 Å². The van der Waals surface area contributed by atoms with Crippen LogP contribution in [0.1, 0.15) is 48.1 Å². The lowest BCUT2D eigenvalue weighted by atomic mass is 10.0. The quantitative estimate of drug-likeness (QED) is 0.649. The van der Waals surface area contributed by atoms with Crippen LogP contribution in [0.15, 0.2) is 36.4 Å². The van der Waals surface area contributed by atoms with Crippen LogP contribution in [0.25, 0.3) is 11.4 Å². The van der Waals surface area contributed by atoms with Crippen LogP contribution in [0.2, 0.25) is 0 Å². The number of carbonyl (C=O) groups excluding carboxylic acids is 1. The zero-order valence-corrected chi connectivity index (χ0v) is 18.2. The summed E-state index contributed by atoms with van der Waals surface area (Å²) in [6.07, 6.45) is 3.23. The van der Waals surface area contributed by atoms with Crippen LogP contribution in [0.5, 0.6) is 0 Å². The summed E-state index contributed by atoms with van der Waals surface area (Å²) in [5.74, 6) is 3.27. The fourth-order valence-corrected chi connectivity index (χ4v) is 4.56. The molecular weight excluding hydrogens is 388 g/mol. The van der Waals surface area contributed by atoms with Gasteiger partial charge in [0.2, 0.25) is 5.91 Å². The van der Waals surface area contributed by atoms with E-state index in [1.807, 2.05) is 57.3 Å².